The SMILES string of the molecule is CCc1ccc(NC(=O)CCNc2c(Cl)cccc2Cl)cc1. The van der Waals surface area contributed by atoms with Crippen molar-refractivity contribution in [1.29, 1.82) is 0 Å². The average Bonchev–Trinajstić information content (AvgIpc) is 2.51. The maximum Gasteiger partial charge on any atom is 0.226 e. The Hall–Kier alpha value is -1.71. The molecule has 0 atom stereocenters. The predicted octanol–water partition coefficient (Wildman–Crippen LogP) is 5.00. The van der Waals surface area contributed by atoms with Crippen LogP contribution in [0.3, 0.4) is 0 Å². The number of benzene rings is 2. The fourth-order valence-electron chi connectivity index (χ4n) is 2.01. The molecule has 2 aromatic rings. The quantitative estimate of drug-likeness (QED) is 0.779. The van der Waals surface area contributed by atoms with Gasteiger partial charge in [-0.2, -0.15) is 0 Å². The monoisotopic (exact) mass is 336 g/mol. The summed E-state index contributed by atoms with van der Waals surface area (Å²) < 4.78 is 0. The zero-order chi connectivity index (χ0) is 15.9. The summed E-state index contributed by atoms with van der Waals surface area (Å²) in [5.74, 6) is -0.0556. The molecule has 3 nitrogen and oxygen atoms in total. The second-order valence-electron chi connectivity index (χ2n) is 4.87. The maximum absolute atomic E-state index is 11.9. The van der Waals surface area contributed by atoms with Crippen molar-refractivity contribution in [3.63, 3.8) is 0 Å². The number of aryl methyl sites for hydroxylation is 1. The Labute approximate surface area is 140 Å². The highest BCUT2D eigenvalue weighted by Crippen LogP contribution is 2.29. The number of carbonyl (C=O) groups is 1. The molecule has 0 heterocycles. The Morgan fingerprint density at radius 1 is 1.05 bits per heavy atom. The molecule has 0 aliphatic heterocycles. The highest BCUT2D eigenvalue weighted by Gasteiger charge is 2.06. The van der Waals surface area contributed by atoms with E-state index in [0.29, 0.717) is 28.7 Å². The van der Waals surface area contributed by atoms with Crippen LogP contribution in [0.25, 0.3) is 0 Å². The summed E-state index contributed by atoms with van der Waals surface area (Å²) in [5, 5.41) is 7.04. The van der Waals surface area contributed by atoms with Crippen molar-refractivity contribution < 1.29 is 4.79 Å². The molecule has 0 bridgehead atoms. The summed E-state index contributed by atoms with van der Waals surface area (Å²) in [5.41, 5.74) is 2.71. The summed E-state index contributed by atoms with van der Waals surface area (Å²) in [6.07, 6.45) is 1.31. The van der Waals surface area contributed by atoms with E-state index in [9.17, 15) is 4.79 Å². The van der Waals surface area contributed by atoms with Gasteiger partial charge in [-0.3, -0.25) is 4.79 Å². The lowest BCUT2D eigenvalue weighted by molar-refractivity contribution is -0.115. The highest BCUT2D eigenvalue weighted by atomic mass is 35.5. The van der Waals surface area contributed by atoms with Crippen LogP contribution in [0, 0.1) is 0 Å². The smallest absolute Gasteiger partial charge is 0.226 e. The summed E-state index contributed by atoms with van der Waals surface area (Å²) in [6, 6.07) is 13.1. The molecule has 2 rings (SSSR count). The molecule has 0 saturated heterocycles. The second kappa shape index (κ2) is 8.06. The number of rotatable bonds is 6. The number of nitrogens with one attached hydrogen (secondary N) is 2. The van der Waals surface area contributed by atoms with Gasteiger partial charge in [0, 0.05) is 18.7 Å². The van der Waals surface area contributed by atoms with Crippen LogP contribution >= 0.6 is 23.2 Å². The number of para-hydroxylation sites is 1. The van der Waals surface area contributed by atoms with Crippen LogP contribution in [0.2, 0.25) is 10.0 Å². The molecule has 0 radical (unpaired) electrons. The van der Waals surface area contributed by atoms with Gasteiger partial charge in [0.05, 0.1) is 15.7 Å². The van der Waals surface area contributed by atoms with Crippen LogP contribution in [-0.2, 0) is 11.2 Å². The largest absolute Gasteiger partial charge is 0.382 e. The van der Waals surface area contributed by atoms with E-state index < -0.39 is 0 Å². The zero-order valence-electron chi connectivity index (χ0n) is 12.3. The molecule has 0 spiro atoms. The van der Waals surface area contributed by atoms with Crippen molar-refractivity contribution >= 4 is 40.5 Å². The van der Waals surface area contributed by atoms with Crippen molar-refractivity contribution in [1.82, 2.24) is 0 Å². The minimum atomic E-state index is -0.0556. The van der Waals surface area contributed by atoms with Crippen LogP contribution in [0.1, 0.15) is 18.9 Å². The Bertz CT molecular complexity index is 621. The van der Waals surface area contributed by atoms with Crippen LogP contribution in [-0.4, -0.2) is 12.5 Å². The average molecular weight is 337 g/mol. The van der Waals surface area contributed by atoms with Gasteiger partial charge in [-0.25, -0.2) is 0 Å². The van der Waals surface area contributed by atoms with E-state index in [1.54, 1.807) is 18.2 Å². The first-order chi connectivity index (χ1) is 10.6. The molecular formula is C17H18Cl2N2O. The molecule has 116 valence electrons. The number of hydrogen-bond acceptors (Lipinski definition) is 2. The standard InChI is InChI=1S/C17H18Cl2N2O/c1-2-12-6-8-13(9-7-12)21-16(22)10-11-20-17-14(18)4-3-5-15(17)19/h3-9,20H,2,10-11H2,1H3,(H,21,22). The number of amides is 1. The van der Waals surface area contributed by atoms with Gasteiger partial charge in [-0.05, 0) is 36.2 Å². The van der Waals surface area contributed by atoms with Crippen LogP contribution in [0.4, 0.5) is 11.4 Å². The van der Waals surface area contributed by atoms with E-state index in [4.69, 9.17) is 23.2 Å². The van der Waals surface area contributed by atoms with Crippen molar-refractivity contribution in [2.24, 2.45) is 0 Å². The molecule has 1 amide bonds. The molecule has 2 aromatic carbocycles. The minimum absolute atomic E-state index is 0.0556. The third-order valence-corrected chi connectivity index (χ3v) is 3.89. The Kier molecular flexibility index (Phi) is 6.10. The zero-order valence-corrected chi connectivity index (χ0v) is 13.8. The molecule has 0 aliphatic rings. The van der Waals surface area contributed by atoms with Crippen molar-refractivity contribution in [2.75, 3.05) is 17.2 Å². The topological polar surface area (TPSA) is 41.1 Å². The van der Waals surface area contributed by atoms with Gasteiger partial charge in [-0.15, -0.1) is 0 Å². The van der Waals surface area contributed by atoms with Crippen molar-refractivity contribution in [2.45, 2.75) is 19.8 Å². The molecule has 5 heteroatoms. The van der Waals surface area contributed by atoms with Gasteiger partial charge < -0.3 is 10.6 Å². The van der Waals surface area contributed by atoms with Crippen molar-refractivity contribution in [3.05, 3.63) is 58.1 Å². The highest BCUT2D eigenvalue weighted by molar-refractivity contribution is 6.39. The summed E-state index contributed by atoms with van der Waals surface area (Å²) >= 11 is 12.1. The fraction of sp³-hybridized carbons (Fsp3) is 0.235. The molecular weight excluding hydrogens is 319 g/mol. The van der Waals surface area contributed by atoms with E-state index in [2.05, 4.69) is 17.6 Å². The summed E-state index contributed by atoms with van der Waals surface area (Å²) in [4.78, 5) is 11.9. The van der Waals surface area contributed by atoms with Crippen LogP contribution in [0.15, 0.2) is 42.5 Å². The molecule has 2 N–H and O–H groups in total. The lowest BCUT2D eigenvalue weighted by Crippen LogP contribution is -2.16. The number of carbonyl (C=O) groups excluding carboxylic acids is 1. The molecule has 0 aromatic heterocycles. The summed E-state index contributed by atoms with van der Waals surface area (Å²) in [6.45, 7) is 2.56. The fourth-order valence-corrected chi connectivity index (χ4v) is 2.55. The van der Waals surface area contributed by atoms with E-state index >= 15 is 0 Å². The van der Waals surface area contributed by atoms with E-state index in [1.165, 1.54) is 5.56 Å². The lowest BCUT2D eigenvalue weighted by Gasteiger charge is -2.10. The molecule has 0 aliphatic carbocycles. The predicted molar refractivity (Wildman–Crippen MR) is 94.0 cm³/mol. The molecule has 0 saturated carbocycles. The van der Waals surface area contributed by atoms with Crippen LogP contribution in [0.5, 0.6) is 0 Å². The molecule has 22 heavy (non-hydrogen) atoms. The Balaban J connectivity index is 1.82. The summed E-state index contributed by atoms with van der Waals surface area (Å²) in [7, 11) is 0. The van der Waals surface area contributed by atoms with Gasteiger partial charge >= 0.3 is 0 Å². The number of anilines is 2. The van der Waals surface area contributed by atoms with Gasteiger partial charge in [0.2, 0.25) is 5.91 Å². The van der Waals surface area contributed by atoms with Gasteiger partial charge in [-0.1, -0.05) is 48.3 Å². The number of hydrogen-bond donors (Lipinski definition) is 2. The lowest BCUT2D eigenvalue weighted by atomic mass is 10.1. The third-order valence-electron chi connectivity index (χ3n) is 3.26. The first-order valence-electron chi connectivity index (χ1n) is 7.17. The minimum Gasteiger partial charge on any atom is -0.382 e. The number of halogens is 2. The van der Waals surface area contributed by atoms with Gasteiger partial charge in [0.1, 0.15) is 0 Å². The van der Waals surface area contributed by atoms with Gasteiger partial charge in [0.25, 0.3) is 0 Å². The van der Waals surface area contributed by atoms with E-state index in [1.807, 2.05) is 24.3 Å². The second-order valence-corrected chi connectivity index (χ2v) is 5.69. The first kappa shape index (κ1) is 16.7. The van der Waals surface area contributed by atoms with E-state index in [-0.39, 0.29) is 5.91 Å². The normalized spacial score (nSPS) is 10.3. The van der Waals surface area contributed by atoms with Crippen LogP contribution < -0.4 is 10.6 Å². The molecule has 0 fully saturated rings. The van der Waals surface area contributed by atoms with Crippen molar-refractivity contribution in [3.8, 4) is 0 Å². The van der Waals surface area contributed by atoms with E-state index in [0.717, 1.165) is 12.1 Å². The Morgan fingerprint density at radius 2 is 1.68 bits per heavy atom. The Morgan fingerprint density at radius 3 is 2.27 bits per heavy atom. The molecule has 0 unspecified atom stereocenters. The maximum atomic E-state index is 11.9. The van der Waals surface area contributed by atoms with Gasteiger partial charge in [0.15, 0.2) is 0 Å². The third kappa shape index (κ3) is 4.65. The first-order valence-corrected chi connectivity index (χ1v) is 7.92.